The molecule has 2 amide bonds. The summed E-state index contributed by atoms with van der Waals surface area (Å²) < 4.78 is 95.8. The third-order valence-corrected chi connectivity index (χ3v) is 5.16. The van der Waals surface area contributed by atoms with Gasteiger partial charge < -0.3 is 20.5 Å². The van der Waals surface area contributed by atoms with E-state index in [2.05, 4.69) is 15.0 Å². The van der Waals surface area contributed by atoms with Gasteiger partial charge in [0, 0.05) is 11.9 Å². The van der Waals surface area contributed by atoms with Crippen LogP contribution < -0.4 is 15.8 Å². The van der Waals surface area contributed by atoms with Crippen molar-refractivity contribution in [3.05, 3.63) is 53.9 Å². The molecule has 2 heterocycles. The fourth-order valence-corrected chi connectivity index (χ4v) is 3.05. The second-order valence-electron chi connectivity index (χ2n) is 7.56. The van der Waals surface area contributed by atoms with Crippen LogP contribution in [0.3, 0.4) is 0 Å². The number of rotatable bonds is 5. The smallest absolute Gasteiger partial charge is 0.417 e. The lowest BCUT2D eigenvalue weighted by Crippen LogP contribution is -2.47. The number of carbonyl (C=O) groups excluding carboxylic acids is 2. The minimum absolute atomic E-state index is 0.0599. The number of hydrogen-bond donors (Lipinski definition) is 2. The first kappa shape index (κ1) is 27.8. The maximum Gasteiger partial charge on any atom is 0.417 e. The van der Waals surface area contributed by atoms with Crippen molar-refractivity contribution in [2.45, 2.75) is 44.8 Å². The number of nitrogens with two attached hydrogens (primary N) is 1. The molecular formula is C21H20F7N3O4. The molecule has 1 fully saturated rings. The molecule has 192 valence electrons. The van der Waals surface area contributed by atoms with Crippen molar-refractivity contribution in [1.29, 1.82) is 0 Å². The Hall–Kier alpha value is -3.42. The van der Waals surface area contributed by atoms with E-state index in [1.165, 1.54) is 25.3 Å². The largest absolute Gasteiger partial charge is 0.432 e. The van der Waals surface area contributed by atoms with Gasteiger partial charge >= 0.3 is 12.8 Å². The maximum absolute atomic E-state index is 13.1. The summed E-state index contributed by atoms with van der Waals surface area (Å²) in [6, 6.07) is 5.45. The highest BCUT2D eigenvalue weighted by Crippen LogP contribution is 2.46. The number of carbonyl (C=O) groups is 2. The van der Waals surface area contributed by atoms with E-state index in [1.54, 1.807) is 0 Å². The van der Waals surface area contributed by atoms with Crippen LogP contribution in [0.15, 0.2) is 36.5 Å². The van der Waals surface area contributed by atoms with E-state index in [0.29, 0.717) is 0 Å². The summed E-state index contributed by atoms with van der Waals surface area (Å²) in [6.45, 7) is -0.831. The van der Waals surface area contributed by atoms with E-state index < -0.39 is 59.6 Å². The molecule has 0 bridgehead atoms. The van der Waals surface area contributed by atoms with Crippen LogP contribution in [0.5, 0.6) is 5.75 Å². The van der Waals surface area contributed by atoms with Gasteiger partial charge in [0.05, 0.1) is 0 Å². The van der Waals surface area contributed by atoms with E-state index in [0.717, 1.165) is 25.1 Å². The van der Waals surface area contributed by atoms with Crippen LogP contribution in [-0.2, 0) is 9.53 Å². The van der Waals surface area contributed by atoms with Crippen LogP contribution in [-0.4, -0.2) is 41.3 Å². The molecule has 1 aliphatic rings. The molecule has 0 spiro atoms. The number of anilines is 1. The Morgan fingerprint density at radius 2 is 1.91 bits per heavy atom. The van der Waals surface area contributed by atoms with Crippen LogP contribution in [0.4, 0.5) is 36.4 Å². The van der Waals surface area contributed by atoms with Crippen molar-refractivity contribution in [3.63, 3.8) is 0 Å². The zero-order valence-corrected chi connectivity index (χ0v) is 18.2. The fraction of sp³-hybridized carbons (Fsp3) is 0.381. The van der Waals surface area contributed by atoms with Crippen molar-refractivity contribution >= 4 is 17.5 Å². The number of nitrogens with zero attached hydrogens (tertiary/aromatic N) is 1. The molecule has 7 nitrogen and oxygen atoms in total. The first-order valence-corrected chi connectivity index (χ1v) is 9.85. The standard InChI is InChI=1S/C14H16F3N3O3.C7H4F4O/c1-7-5-10(23-13(7,2)14(15,16)17)12(22)20-8-3-4-19-9(6-8)11(18)21;8-4-2-1-3-5(6(4)9)12-7(10)11/h3-4,6-7,10H,5H2,1-2H3,(H2,18,21)(H,19,20,22);1-3,7H/t7?,10?,13-;/m0./s1. The molecular weight excluding hydrogens is 491 g/mol. The molecule has 35 heavy (non-hydrogen) atoms. The molecule has 1 aliphatic heterocycles. The Bertz CT molecular complexity index is 1070. The highest BCUT2D eigenvalue weighted by Gasteiger charge is 2.61. The summed E-state index contributed by atoms with van der Waals surface area (Å²) >= 11 is 0. The van der Waals surface area contributed by atoms with Gasteiger partial charge in [-0.25, -0.2) is 4.39 Å². The molecule has 2 aromatic rings. The number of benzene rings is 1. The molecule has 3 N–H and O–H groups in total. The number of ether oxygens (including phenoxy) is 2. The van der Waals surface area contributed by atoms with Gasteiger partial charge in [0.1, 0.15) is 11.8 Å². The van der Waals surface area contributed by atoms with Gasteiger partial charge in [-0.15, -0.1) is 0 Å². The number of hydrogen-bond acceptors (Lipinski definition) is 5. The second kappa shape index (κ2) is 10.9. The summed E-state index contributed by atoms with van der Waals surface area (Å²) in [7, 11) is 0. The van der Waals surface area contributed by atoms with Crippen LogP contribution >= 0.6 is 0 Å². The molecule has 1 aromatic carbocycles. The highest BCUT2D eigenvalue weighted by molar-refractivity contribution is 5.96. The predicted molar refractivity (Wildman–Crippen MR) is 107 cm³/mol. The van der Waals surface area contributed by atoms with Gasteiger partial charge in [0.15, 0.2) is 17.2 Å². The molecule has 0 radical (unpaired) electrons. The van der Waals surface area contributed by atoms with Gasteiger partial charge in [-0.05, 0) is 43.5 Å². The average molecular weight is 511 g/mol. The topological polar surface area (TPSA) is 104 Å². The molecule has 3 atom stereocenters. The van der Waals surface area contributed by atoms with Gasteiger partial charge in [-0.3, -0.25) is 14.6 Å². The lowest BCUT2D eigenvalue weighted by molar-refractivity contribution is -0.272. The summed E-state index contributed by atoms with van der Waals surface area (Å²) in [6.07, 6.45) is -4.61. The first-order chi connectivity index (χ1) is 16.2. The number of primary amides is 1. The molecule has 0 saturated carbocycles. The van der Waals surface area contributed by atoms with E-state index in [-0.39, 0.29) is 17.8 Å². The Morgan fingerprint density at radius 1 is 1.26 bits per heavy atom. The molecule has 0 aliphatic carbocycles. The quantitative estimate of drug-likeness (QED) is 0.579. The fourth-order valence-electron chi connectivity index (χ4n) is 3.05. The minimum atomic E-state index is -4.57. The van der Waals surface area contributed by atoms with Gasteiger partial charge in [0.25, 0.3) is 11.8 Å². The monoisotopic (exact) mass is 511 g/mol. The van der Waals surface area contributed by atoms with Gasteiger partial charge in [0.2, 0.25) is 5.82 Å². The molecule has 3 rings (SSSR count). The van der Waals surface area contributed by atoms with Crippen LogP contribution in [0.1, 0.15) is 30.8 Å². The number of amides is 2. The van der Waals surface area contributed by atoms with E-state index >= 15 is 0 Å². The highest BCUT2D eigenvalue weighted by atomic mass is 19.4. The molecule has 1 aromatic heterocycles. The summed E-state index contributed by atoms with van der Waals surface area (Å²) in [5.41, 5.74) is 2.84. The van der Waals surface area contributed by atoms with Crippen molar-refractivity contribution in [2.24, 2.45) is 11.7 Å². The Balaban J connectivity index is 0.000000303. The maximum atomic E-state index is 13.1. The number of nitrogens with one attached hydrogen (secondary N) is 1. The molecule has 1 saturated heterocycles. The lowest BCUT2D eigenvalue weighted by Gasteiger charge is -2.30. The summed E-state index contributed by atoms with van der Waals surface area (Å²) in [5.74, 6) is -5.77. The van der Waals surface area contributed by atoms with Crippen molar-refractivity contribution in [3.8, 4) is 5.75 Å². The van der Waals surface area contributed by atoms with E-state index in [1.807, 2.05) is 0 Å². The zero-order valence-electron chi connectivity index (χ0n) is 18.2. The van der Waals surface area contributed by atoms with Crippen molar-refractivity contribution in [2.75, 3.05) is 5.32 Å². The number of aromatic nitrogens is 1. The van der Waals surface area contributed by atoms with Gasteiger partial charge in [-0.1, -0.05) is 13.0 Å². The van der Waals surface area contributed by atoms with Crippen LogP contribution in [0, 0.1) is 17.6 Å². The molecule has 14 heteroatoms. The number of alkyl halides is 5. The third kappa shape index (κ3) is 6.81. The van der Waals surface area contributed by atoms with Crippen molar-refractivity contribution in [1.82, 2.24) is 4.98 Å². The molecule has 2 unspecified atom stereocenters. The number of pyridine rings is 1. The Kier molecular flexibility index (Phi) is 8.65. The predicted octanol–water partition coefficient (Wildman–Crippen LogP) is 4.43. The Morgan fingerprint density at radius 3 is 2.46 bits per heavy atom. The first-order valence-electron chi connectivity index (χ1n) is 9.85. The van der Waals surface area contributed by atoms with E-state index in [9.17, 15) is 40.3 Å². The minimum Gasteiger partial charge on any atom is -0.432 e. The number of halogens is 7. The average Bonchev–Trinajstić information content (AvgIpc) is 3.08. The second-order valence-corrected chi connectivity index (χ2v) is 7.56. The van der Waals surface area contributed by atoms with E-state index in [4.69, 9.17) is 10.5 Å². The lowest BCUT2D eigenvalue weighted by atomic mass is 9.89. The van der Waals surface area contributed by atoms with Crippen LogP contribution in [0.25, 0.3) is 0 Å². The van der Waals surface area contributed by atoms with Gasteiger partial charge in [-0.2, -0.15) is 26.3 Å². The van der Waals surface area contributed by atoms with Crippen molar-refractivity contribution < 1.29 is 49.8 Å². The normalized spacial score (nSPS) is 21.8. The SMILES string of the molecule is CC1CC(C(=O)Nc2ccnc(C(N)=O)c2)O[C@]1(C)C(F)(F)F.Fc1cccc(OC(F)F)c1F. The zero-order chi connectivity index (χ0) is 26.6. The van der Waals surface area contributed by atoms with Crippen LogP contribution in [0.2, 0.25) is 0 Å². The summed E-state index contributed by atoms with van der Waals surface area (Å²) in [4.78, 5) is 26.9. The Labute approximate surface area is 194 Å². The summed E-state index contributed by atoms with van der Waals surface area (Å²) in [5, 5.41) is 2.41. The third-order valence-electron chi connectivity index (χ3n) is 5.16.